The molecule has 214 valence electrons. The number of aromatic nitrogens is 2. The minimum absolute atomic E-state index is 0.0264. The zero-order valence-electron chi connectivity index (χ0n) is 23.1. The van der Waals surface area contributed by atoms with Crippen molar-refractivity contribution in [1.82, 2.24) is 9.13 Å². The summed E-state index contributed by atoms with van der Waals surface area (Å²) in [6, 6.07) is 8.75. The van der Waals surface area contributed by atoms with E-state index in [0.717, 1.165) is 0 Å². The first kappa shape index (κ1) is 30.4. The molecule has 0 spiro atoms. The van der Waals surface area contributed by atoms with Gasteiger partial charge in [-0.05, 0) is 40.7 Å². The number of esters is 2. The number of imidazole rings is 1. The molecule has 0 radical (unpaired) electrons. The van der Waals surface area contributed by atoms with Crippen molar-refractivity contribution in [3.05, 3.63) is 82.2 Å². The Bertz CT molecular complexity index is 1470. The lowest BCUT2D eigenvalue weighted by Gasteiger charge is -2.28. The number of benzene rings is 2. The lowest BCUT2D eigenvalue weighted by Crippen LogP contribution is -2.28. The molecule has 3 aromatic rings. The highest BCUT2D eigenvalue weighted by atomic mass is 19.4. The lowest BCUT2D eigenvalue weighted by molar-refractivity contribution is -0.193. The highest BCUT2D eigenvalue weighted by molar-refractivity contribution is 5.98. The molecule has 40 heavy (non-hydrogen) atoms. The van der Waals surface area contributed by atoms with Gasteiger partial charge in [0.05, 0.1) is 18.7 Å². The van der Waals surface area contributed by atoms with E-state index in [9.17, 15) is 32.7 Å². The van der Waals surface area contributed by atoms with Crippen LogP contribution in [0.3, 0.4) is 0 Å². The summed E-state index contributed by atoms with van der Waals surface area (Å²) in [4.78, 5) is 36.0. The van der Waals surface area contributed by atoms with E-state index in [1.165, 1.54) is 28.8 Å². The van der Waals surface area contributed by atoms with Crippen LogP contribution in [0, 0.1) is 5.41 Å². The molecular formula is C29H32F3N3O5. The number of halogens is 3. The molecule has 0 aliphatic carbocycles. The number of nitrogens with one attached hydrogen (secondary N) is 1. The number of rotatable bonds is 6. The summed E-state index contributed by atoms with van der Waals surface area (Å²) in [5.74, 6) is -4.08. The van der Waals surface area contributed by atoms with E-state index in [1.807, 2.05) is 41.5 Å². The zero-order valence-corrected chi connectivity index (χ0v) is 23.1. The monoisotopic (exact) mass is 559 g/mol. The van der Waals surface area contributed by atoms with Gasteiger partial charge >= 0.3 is 18.1 Å². The van der Waals surface area contributed by atoms with E-state index in [4.69, 9.17) is 5.41 Å². The summed E-state index contributed by atoms with van der Waals surface area (Å²) in [7, 11) is 0. The zero-order chi connectivity index (χ0) is 30.2. The Morgan fingerprint density at radius 2 is 1.35 bits per heavy atom. The van der Waals surface area contributed by atoms with Gasteiger partial charge in [0, 0.05) is 29.1 Å². The van der Waals surface area contributed by atoms with Crippen molar-refractivity contribution < 1.29 is 37.4 Å². The van der Waals surface area contributed by atoms with Crippen molar-refractivity contribution in [1.29, 1.82) is 5.41 Å². The van der Waals surface area contributed by atoms with Crippen LogP contribution in [0.15, 0.2) is 48.8 Å². The average molecular weight is 560 g/mol. The van der Waals surface area contributed by atoms with Crippen LogP contribution in [0.4, 0.5) is 13.2 Å². The molecule has 1 heterocycles. The van der Waals surface area contributed by atoms with Crippen molar-refractivity contribution in [2.75, 3.05) is 0 Å². The molecule has 0 fully saturated rings. The number of hydrogen-bond donors (Lipinski definition) is 2. The number of aromatic hydroxyl groups is 1. The summed E-state index contributed by atoms with van der Waals surface area (Å²) >= 11 is 0. The predicted octanol–water partition coefficient (Wildman–Crippen LogP) is 5.25. The van der Waals surface area contributed by atoms with Crippen LogP contribution in [0.25, 0.3) is 0 Å². The molecule has 0 atom stereocenters. The van der Waals surface area contributed by atoms with Gasteiger partial charge < -0.3 is 19.0 Å². The number of ketones is 1. The Kier molecular flexibility index (Phi) is 8.19. The molecule has 2 N–H and O–H groups in total. The molecule has 2 aromatic carbocycles. The van der Waals surface area contributed by atoms with Gasteiger partial charge in [-0.2, -0.15) is 13.2 Å². The van der Waals surface area contributed by atoms with Crippen LogP contribution >= 0.6 is 0 Å². The highest BCUT2D eigenvalue weighted by Crippen LogP contribution is 2.39. The molecule has 0 saturated heterocycles. The van der Waals surface area contributed by atoms with Crippen molar-refractivity contribution in [3.8, 4) is 5.75 Å². The summed E-state index contributed by atoms with van der Waals surface area (Å²) < 4.78 is 43.8. The van der Waals surface area contributed by atoms with Gasteiger partial charge in [0.25, 0.3) is 0 Å². The van der Waals surface area contributed by atoms with Crippen molar-refractivity contribution in [2.45, 2.75) is 71.6 Å². The summed E-state index contributed by atoms with van der Waals surface area (Å²) in [5, 5.41) is 19.4. The number of Topliss-reactive ketones (excluding diaryl/α,β-unsaturated/α-hetero) is 1. The molecule has 11 heteroatoms. The summed E-state index contributed by atoms with van der Waals surface area (Å²) in [6.45, 7) is 11.8. The maximum absolute atomic E-state index is 13.3. The number of hydrogen-bond acceptors (Lipinski definition) is 6. The third-order valence-corrected chi connectivity index (χ3v) is 6.29. The van der Waals surface area contributed by atoms with Gasteiger partial charge in [-0.15, -0.1) is 0 Å². The van der Waals surface area contributed by atoms with Gasteiger partial charge in [-0.1, -0.05) is 53.7 Å². The number of nitrogens with zero attached hydrogens (tertiary/aromatic N) is 2. The van der Waals surface area contributed by atoms with Gasteiger partial charge in [0.1, 0.15) is 5.75 Å². The topological polar surface area (TPSA) is 114 Å². The number of ether oxygens (including phenoxy) is 1. The molecule has 0 aliphatic heterocycles. The molecule has 0 bridgehead atoms. The van der Waals surface area contributed by atoms with E-state index >= 15 is 0 Å². The number of carbonyl (C=O) groups is 3. The Balaban J connectivity index is 1.78. The minimum Gasteiger partial charge on any atom is -0.507 e. The first-order chi connectivity index (χ1) is 18.3. The third-order valence-electron chi connectivity index (χ3n) is 6.29. The number of carbonyl (C=O) groups excluding carboxylic acids is 3. The molecule has 0 saturated carbocycles. The molecule has 0 unspecified atom stereocenters. The van der Waals surface area contributed by atoms with Crippen LogP contribution in [0.2, 0.25) is 0 Å². The number of phenols is 1. The van der Waals surface area contributed by atoms with Crippen molar-refractivity contribution >= 4 is 17.7 Å². The molecule has 8 nitrogen and oxygen atoms in total. The van der Waals surface area contributed by atoms with Crippen molar-refractivity contribution in [2.24, 2.45) is 0 Å². The molecule has 3 rings (SSSR count). The fraction of sp³-hybridized carbons (Fsp3) is 0.379. The molecule has 0 aliphatic rings. The largest absolute Gasteiger partial charge is 0.507 e. The predicted molar refractivity (Wildman–Crippen MR) is 140 cm³/mol. The van der Waals surface area contributed by atoms with E-state index in [0.29, 0.717) is 22.3 Å². The third kappa shape index (κ3) is 6.88. The smallest absolute Gasteiger partial charge is 0.491 e. The molecular weight excluding hydrogens is 527 g/mol. The second kappa shape index (κ2) is 10.8. The highest BCUT2D eigenvalue weighted by Gasteiger charge is 2.42. The standard InChI is InChI=1S/C29H32F3N3O5/c1-27(2,3)20-13-19(14-21(23(20)37)28(4,5)6)22(36)16-35-12-11-34(26(35)33)15-17-7-9-18(10-8-17)24(38)40-25(39)29(30,31)32/h7-14,33,37H,15-16H2,1-6H3. The Morgan fingerprint density at radius 3 is 1.82 bits per heavy atom. The van der Waals surface area contributed by atoms with Gasteiger partial charge in [-0.3, -0.25) is 10.2 Å². The fourth-order valence-electron chi connectivity index (χ4n) is 4.05. The first-order valence-electron chi connectivity index (χ1n) is 12.4. The van der Waals surface area contributed by atoms with E-state index < -0.39 is 28.9 Å². The fourth-order valence-corrected chi connectivity index (χ4v) is 4.05. The maximum atomic E-state index is 13.3. The maximum Gasteiger partial charge on any atom is 0.491 e. The van der Waals surface area contributed by atoms with Crippen LogP contribution in [-0.2, 0) is 33.5 Å². The number of phenolic OH excluding ortho intramolecular Hbond substituents is 1. The number of alkyl halides is 3. The van der Waals surface area contributed by atoms with Crippen LogP contribution in [-0.4, -0.2) is 38.1 Å². The summed E-state index contributed by atoms with van der Waals surface area (Å²) in [6.07, 6.45) is -2.08. The second-order valence-corrected chi connectivity index (χ2v) is 11.6. The summed E-state index contributed by atoms with van der Waals surface area (Å²) in [5.41, 5.74) is 1.34. The van der Waals surface area contributed by atoms with Gasteiger partial charge in [0.15, 0.2) is 5.78 Å². The van der Waals surface area contributed by atoms with Gasteiger partial charge in [0.2, 0.25) is 5.62 Å². The van der Waals surface area contributed by atoms with E-state index in [1.54, 1.807) is 29.1 Å². The van der Waals surface area contributed by atoms with Crippen LogP contribution in [0.5, 0.6) is 5.75 Å². The van der Waals surface area contributed by atoms with Gasteiger partial charge in [-0.25, -0.2) is 9.59 Å². The average Bonchev–Trinajstić information content (AvgIpc) is 3.16. The van der Waals surface area contributed by atoms with Crippen molar-refractivity contribution in [3.63, 3.8) is 0 Å². The molecule has 0 amide bonds. The SMILES string of the molecule is CC(C)(C)c1cc(C(=O)Cn2ccn(Cc3ccc(C(=O)OC(=O)C(F)(F)F)cc3)c2=N)cc(C(C)(C)C)c1O. The Labute approximate surface area is 229 Å². The Morgan fingerprint density at radius 1 is 0.850 bits per heavy atom. The van der Waals surface area contributed by atoms with Crippen LogP contribution in [0.1, 0.15) is 78.9 Å². The Hall–Kier alpha value is -4.15. The molecule has 1 aromatic heterocycles. The van der Waals surface area contributed by atoms with E-state index in [-0.39, 0.29) is 35.8 Å². The quantitative estimate of drug-likeness (QED) is 0.243. The minimum atomic E-state index is -5.28. The van der Waals surface area contributed by atoms with E-state index in [2.05, 4.69) is 4.74 Å². The normalized spacial score (nSPS) is 12.3. The second-order valence-electron chi connectivity index (χ2n) is 11.6. The van der Waals surface area contributed by atoms with Crippen LogP contribution < -0.4 is 5.62 Å². The lowest BCUT2D eigenvalue weighted by atomic mass is 9.78. The first-order valence-corrected chi connectivity index (χ1v) is 12.4.